The van der Waals surface area contributed by atoms with Crippen molar-refractivity contribution in [3.63, 3.8) is 0 Å². The van der Waals surface area contributed by atoms with Crippen LogP contribution in [0.3, 0.4) is 0 Å². The highest BCUT2D eigenvalue weighted by molar-refractivity contribution is 7.78. The summed E-state index contributed by atoms with van der Waals surface area (Å²) in [5, 5.41) is 3.43. The van der Waals surface area contributed by atoms with E-state index in [1.54, 1.807) is 24.3 Å². The van der Waals surface area contributed by atoms with Gasteiger partial charge >= 0.3 is 6.08 Å². The number of benzene rings is 1. The van der Waals surface area contributed by atoms with Crippen molar-refractivity contribution in [2.45, 2.75) is 0 Å². The van der Waals surface area contributed by atoms with Crippen LogP contribution in [-0.2, 0) is 25.0 Å². The summed E-state index contributed by atoms with van der Waals surface area (Å²) in [5.41, 5.74) is 0.450. The standard InChI is InChI=1S/C13H13N3O6S/c1-19-7-10(12(17)16-23(18)20-2)9-5-3-4-6-11(9)21-13-14-8-15-22-13/h3-8H,1-2H3,(H,16,17)/b10-7+. The van der Waals surface area contributed by atoms with Gasteiger partial charge in [0.05, 0.1) is 26.1 Å². The topological polar surface area (TPSA) is 113 Å². The Bertz CT molecular complexity index is 716. The Morgan fingerprint density at radius 3 is 2.78 bits per heavy atom. The van der Waals surface area contributed by atoms with Crippen LogP contribution in [0.25, 0.3) is 5.57 Å². The predicted octanol–water partition coefficient (Wildman–Crippen LogP) is 1.19. The lowest BCUT2D eigenvalue weighted by Gasteiger charge is -2.11. The predicted molar refractivity (Wildman–Crippen MR) is 79.1 cm³/mol. The van der Waals surface area contributed by atoms with Gasteiger partial charge < -0.3 is 9.47 Å². The third-order valence-corrected chi connectivity index (χ3v) is 3.18. The molecule has 122 valence electrons. The SMILES string of the molecule is CO/C=C(/C(=O)NS(=O)OC)c1ccccc1Oc1ncno1. The lowest BCUT2D eigenvalue weighted by atomic mass is 10.1. The van der Waals surface area contributed by atoms with Crippen LogP contribution in [0.15, 0.2) is 41.4 Å². The molecule has 0 saturated carbocycles. The second kappa shape index (κ2) is 8.06. The summed E-state index contributed by atoms with van der Waals surface area (Å²) in [5.74, 6) is -0.396. The Hall–Kier alpha value is -2.72. The van der Waals surface area contributed by atoms with Crippen molar-refractivity contribution < 1.29 is 27.2 Å². The fourth-order valence-corrected chi connectivity index (χ4v) is 1.95. The van der Waals surface area contributed by atoms with Gasteiger partial charge in [-0.1, -0.05) is 23.4 Å². The number of nitrogens with one attached hydrogen (secondary N) is 1. The molecular weight excluding hydrogens is 326 g/mol. The van der Waals surface area contributed by atoms with E-state index in [-0.39, 0.29) is 17.4 Å². The van der Waals surface area contributed by atoms with Gasteiger partial charge in [-0.05, 0) is 6.07 Å². The summed E-state index contributed by atoms with van der Waals surface area (Å²) < 4.78 is 33.1. The second-order valence-electron chi connectivity index (χ2n) is 3.91. The number of carbonyl (C=O) groups is 1. The number of hydrogen-bond acceptors (Lipinski definition) is 8. The smallest absolute Gasteiger partial charge is 0.422 e. The number of para-hydroxylation sites is 1. The molecular formula is C13H13N3O6S. The molecule has 1 aromatic carbocycles. The Morgan fingerprint density at radius 2 is 2.13 bits per heavy atom. The Morgan fingerprint density at radius 1 is 1.35 bits per heavy atom. The number of nitrogens with zero attached hydrogens (tertiary/aromatic N) is 2. The number of methoxy groups -OCH3 is 1. The zero-order valence-electron chi connectivity index (χ0n) is 12.2. The van der Waals surface area contributed by atoms with E-state index in [1.807, 2.05) is 0 Å². The van der Waals surface area contributed by atoms with Gasteiger partial charge in [0.1, 0.15) is 5.75 Å². The van der Waals surface area contributed by atoms with E-state index in [1.165, 1.54) is 26.8 Å². The van der Waals surface area contributed by atoms with Gasteiger partial charge in [-0.3, -0.25) is 13.5 Å². The molecule has 0 radical (unpaired) electrons. The van der Waals surface area contributed by atoms with Crippen molar-refractivity contribution in [3.8, 4) is 11.8 Å². The van der Waals surface area contributed by atoms with Crippen LogP contribution >= 0.6 is 0 Å². The molecule has 1 atom stereocenters. The van der Waals surface area contributed by atoms with Gasteiger partial charge in [0, 0.05) is 5.56 Å². The summed E-state index contributed by atoms with van der Waals surface area (Å²) in [7, 11) is 2.57. The third-order valence-electron chi connectivity index (χ3n) is 2.52. The summed E-state index contributed by atoms with van der Waals surface area (Å²) >= 11 is -1.97. The molecule has 0 fully saturated rings. The molecule has 10 heteroatoms. The van der Waals surface area contributed by atoms with Crippen LogP contribution in [0.1, 0.15) is 5.56 Å². The van der Waals surface area contributed by atoms with Crippen molar-refractivity contribution in [1.82, 2.24) is 14.9 Å². The monoisotopic (exact) mass is 339 g/mol. The third kappa shape index (κ3) is 4.37. The average molecular weight is 339 g/mol. The first kappa shape index (κ1) is 16.6. The van der Waals surface area contributed by atoms with Crippen LogP contribution in [-0.4, -0.2) is 34.5 Å². The van der Waals surface area contributed by atoms with E-state index in [2.05, 4.69) is 19.0 Å². The molecule has 0 aliphatic heterocycles. The summed E-state index contributed by atoms with van der Waals surface area (Å²) in [6, 6.07) is 6.61. The van der Waals surface area contributed by atoms with Gasteiger partial charge in [0.25, 0.3) is 17.2 Å². The minimum Gasteiger partial charge on any atom is -0.504 e. The summed E-state index contributed by atoms with van der Waals surface area (Å²) in [6.45, 7) is 0. The number of amides is 1. The first-order chi connectivity index (χ1) is 11.2. The molecule has 0 bridgehead atoms. The number of rotatable bonds is 7. The molecule has 0 saturated heterocycles. The van der Waals surface area contributed by atoms with Crippen molar-refractivity contribution in [3.05, 3.63) is 42.4 Å². The van der Waals surface area contributed by atoms with Gasteiger partial charge in [0.2, 0.25) is 0 Å². The van der Waals surface area contributed by atoms with Crippen LogP contribution in [0.2, 0.25) is 0 Å². The molecule has 23 heavy (non-hydrogen) atoms. The lowest BCUT2D eigenvalue weighted by Crippen LogP contribution is -2.27. The average Bonchev–Trinajstić information content (AvgIpc) is 3.06. The number of ether oxygens (including phenoxy) is 2. The molecule has 9 nitrogen and oxygen atoms in total. The number of aromatic nitrogens is 2. The number of hydrogen-bond donors (Lipinski definition) is 1. The van der Waals surface area contributed by atoms with Crippen molar-refractivity contribution >= 4 is 22.7 Å². The van der Waals surface area contributed by atoms with Gasteiger partial charge in [-0.2, -0.15) is 4.98 Å². The van der Waals surface area contributed by atoms with Crippen molar-refractivity contribution in [2.24, 2.45) is 0 Å². The molecule has 1 amide bonds. The van der Waals surface area contributed by atoms with Gasteiger partial charge in [-0.25, -0.2) is 8.93 Å². The minimum atomic E-state index is -1.97. The highest BCUT2D eigenvalue weighted by atomic mass is 32.2. The highest BCUT2D eigenvalue weighted by Crippen LogP contribution is 2.29. The van der Waals surface area contributed by atoms with Crippen LogP contribution < -0.4 is 9.46 Å². The molecule has 0 aliphatic rings. The largest absolute Gasteiger partial charge is 0.504 e. The molecule has 1 heterocycles. The lowest BCUT2D eigenvalue weighted by molar-refractivity contribution is -0.114. The molecule has 1 unspecified atom stereocenters. The molecule has 2 rings (SSSR count). The maximum absolute atomic E-state index is 12.2. The van der Waals surface area contributed by atoms with Gasteiger partial charge in [0.15, 0.2) is 6.33 Å². The quantitative estimate of drug-likeness (QED) is 0.591. The molecule has 0 spiro atoms. The summed E-state index contributed by atoms with van der Waals surface area (Å²) in [6.07, 6.45) is 2.28. The van der Waals surface area contributed by atoms with Crippen LogP contribution in [0.5, 0.6) is 11.8 Å². The molecule has 2 aromatic rings. The Labute approximate surface area is 134 Å². The normalized spacial score (nSPS) is 12.5. The molecule has 1 aromatic heterocycles. The maximum atomic E-state index is 12.2. The van der Waals surface area contributed by atoms with Crippen molar-refractivity contribution in [2.75, 3.05) is 14.2 Å². The first-order valence-corrected chi connectivity index (χ1v) is 7.27. The van der Waals surface area contributed by atoms with E-state index in [9.17, 15) is 9.00 Å². The zero-order chi connectivity index (χ0) is 16.7. The van der Waals surface area contributed by atoms with E-state index in [0.29, 0.717) is 5.56 Å². The van der Waals surface area contributed by atoms with E-state index in [4.69, 9.17) is 14.0 Å². The second-order valence-corrected chi connectivity index (χ2v) is 4.91. The Balaban J connectivity index is 2.34. The number of carbonyl (C=O) groups excluding carboxylic acids is 1. The Kier molecular flexibility index (Phi) is 5.83. The van der Waals surface area contributed by atoms with E-state index >= 15 is 0 Å². The van der Waals surface area contributed by atoms with Gasteiger partial charge in [-0.15, -0.1) is 0 Å². The van der Waals surface area contributed by atoms with Crippen LogP contribution in [0, 0.1) is 0 Å². The maximum Gasteiger partial charge on any atom is 0.422 e. The molecule has 1 N–H and O–H groups in total. The van der Waals surface area contributed by atoms with E-state index < -0.39 is 17.2 Å². The first-order valence-electron chi connectivity index (χ1n) is 6.19. The summed E-state index contributed by atoms with van der Waals surface area (Å²) in [4.78, 5) is 16.0. The fraction of sp³-hybridized carbons (Fsp3) is 0.154. The van der Waals surface area contributed by atoms with Crippen molar-refractivity contribution in [1.29, 1.82) is 0 Å². The van der Waals surface area contributed by atoms with E-state index in [0.717, 1.165) is 0 Å². The fourth-order valence-electron chi connectivity index (χ4n) is 1.61. The molecule has 0 aliphatic carbocycles. The highest BCUT2D eigenvalue weighted by Gasteiger charge is 2.20. The zero-order valence-corrected chi connectivity index (χ0v) is 13.0. The van der Waals surface area contributed by atoms with Crippen LogP contribution in [0.4, 0.5) is 0 Å². The minimum absolute atomic E-state index is 0.0769.